The minimum Gasteiger partial charge on any atom is -0.339 e. The zero-order chi connectivity index (χ0) is 29.1. The van der Waals surface area contributed by atoms with E-state index in [1.54, 1.807) is 17.0 Å². The third kappa shape index (κ3) is 5.97. The molecule has 0 bridgehead atoms. The van der Waals surface area contributed by atoms with Gasteiger partial charge in [-0.25, -0.2) is 8.42 Å². The first-order chi connectivity index (χ1) is 19.8. The van der Waals surface area contributed by atoms with Crippen molar-refractivity contribution in [2.24, 2.45) is 0 Å². The Balaban J connectivity index is 1.37. The summed E-state index contributed by atoms with van der Waals surface area (Å²) in [5.41, 5.74) is 4.18. The molecule has 5 rings (SSSR count). The molecule has 2 amide bonds. The lowest BCUT2D eigenvalue weighted by molar-refractivity contribution is 0.0772. The van der Waals surface area contributed by atoms with Crippen LogP contribution in [0.5, 0.6) is 0 Å². The van der Waals surface area contributed by atoms with Crippen LogP contribution < -0.4 is 5.32 Å². The van der Waals surface area contributed by atoms with Crippen LogP contribution in [0.4, 0.5) is 5.00 Å². The summed E-state index contributed by atoms with van der Waals surface area (Å²) in [4.78, 5) is 32.4. The third-order valence-electron chi connectivity index (χ3n) is 8.02. The van der Waals surface area contributed by atoms with Gasteiger partial charge in [0.2, 0.25) is 10.0 Å². The van der Waals surface area contributed by atoms with E-state index in [9.17, 15) is 18.0 Å². The highest BCUT2D eigenvalue weighted by molar-refractivity contribution is 7.89. The number of hydrogen-bond acceptors (Lipinski definition) is 6. The van der Waals surface area contributed by atoms with Crippen molar-refractivity contribution >= 4 is 38.2 Å². The standard InChI is InChI=1S/C31H38N4O4S2/c1-4-17-33-18-16-26-27(21-33)40-30(28(26)31(37)34(5-2)6-3)32-29(36)23-11-13-25(14-12-23)41(38,39)35-19-15-22-9-7-8-10-24(22)20-35/h7-14H,4-6,15-21H2,1-3H3,(H,32,36). The summed E-state index contributed by atoms with van der Waals surface area (Å²) in [6.07, 6.45) is 2.51. The van der Waals surface area contributed by atoms with Crippen LogP contribution in [0.2, 0.25) is 0 Å². The van der Waals surface area contributed by atoms with Crippen LogP contribution in [-0.2, 0) is 36.0 Å². The number of benzene rings is 2. The van der Waals surface area contributed by atoms with Crippen molar-refractivity contribution in [3.8, 4) is 0 Å². The minimum absolute atomic E-state index is 0.0590. The van der Waals surface area contributed by atoms with Crippen molar-refractivity contribution in [3.63, 3.8) is 0 Å². The number of hydrogen-bond donors (Lipinski definition) is 1. The number of sulfonamides is 1. The summed E-state index contributed by atoms with van der Waals surface area (Å²) in [6.45, 7) is 10.7. The van der Waals surface area contributed by atoms with Crippen LogP contribution in [0.3, 0.4) is 0 Å². The van der Waals surface area contributed by atoms with E-state index in [0.717, 1.165) is 48.5 Å². The molecule has 0 spiro atoms. The fraction of sp³-hybridized carbons (Fsp3) is 0.419. The monoisotopic (exact) mass is 594 g/mol. The van der Waals surface area contributed by atoms with Gasteiger partial charge in [-0.1, -0.05) is 31.2 Å². The molecular formula is C31H38N4O4S2. The second-order valence-corrected chi connectivity index (χ2v) is 13.6. The molecule has 41 heavy (non-hydrogen) atoms. The van der Waals surface area contributed by atoms with Crippen molar-refractivity contribution < 1.29 is 18.0 Å². The predicted molar refractivity (Wildman–Crippen MR) is 163 cm³/mol. The van der Waals surface area contributed by atoms with Crippen LogP contribution in [0, 0.1) is 0 Å². The summed E-state index contributed by atoms with van der Waals surface area (Å²) < 4.78 is 28.2. The molecule has 3 heterocycles. The number of nitrogens with one attached hydrogen (secondary N) is 1. The number of fused-ring (bicyclic) bond motifs is 2. The summed E-state index contributed by atoms with van der Waals surface area (Å²) in [7, 11) is -3.70. The normalized spacial score (nSPS) is 15.7. The van der Waals surface area contributed by atoms with Gasteiger partial charge in [-0.2, -0.15) is 4.31 Å². The maximum absolute atomic E-state index is 13.6. The van der Waals surface area contributed by atoms with Crippen molar-refractivity contribution in [2.75, 3.05) is 38.0 Å². The molecule has 0 saturated heterocycles. The summed E-state index contributed by atoms with van der Waals surface area (Å²) in [6, 6.07) is 14.0. The summed E-state index contributed by atoms with van der Waals surface area (Å²) >= 11 is 1.48. The number of carbonyl (C=O) groups excluding carboxylic acids is 2. The Morgan fingerprint density at radius 2 is 1.63 bits per heavy atom. The van der Waals surface area contributed by atoms with Gasteiger partial charge in [0, 0.05) is 49.7 Å². The SMILES string of the molecule is CCCN1CCc2c(sc(NC(=O)c3ccc(S(=O)(=O)N4CCc5ccccc5C4)cc3)c2C(=O)N(CC)CC)C1. The van der Waals surface area contributed by atoms with Gasteiger partial charge in [0.15, 0.2) is 0 Å². The maximum atomic E-state index is 13.6. The molecule has 8 nitrogen and oxygen atoms in total. The van der Waals surface area contributed by atoms with Gasteiger partial charge in [-0.05, 0) is 80.6 Å². The molecule has 0 aliphatic carbocycles. The van der Waals surface area contributed by atoms with E-state index >= 15 is 0 Å². The van der Waals surface area contributed by atoms with Crippen molar-refractivity contribution in [1.82, 2.24) is 14.1 Å². The molecule has 10 heteroatoms. The first-order valence-electron chi connectivity index (χ1n) is 14.4. The first-order valence-corrected chi connectivity index (χ1v) is 16.7. The molecule has 0 unspecified atom stereocenters. The molecule has 2 aliphatic rings. The molecule has 0 atom stereocenters. The van der Waals surface area contributed by atoms with Crippen molar-refractivity contribution in [3.05, 3.63) is 81.2 Å². The van der Waals surface area contributed by atoms with E-state index in [1.807, 2.05) is 38.1 Å². The topological polar surface area (TPSA) is 90.0 Å². The van der Waals surface area contributed by atoms with Crippen LogP contribution >= 0.6 is 11.3 Å². The van der Waals surface area contributed by atoms with Crippen molar-refractivity contribution in [2.45, 2.75) is 58.0 Å². The molecule has 1 N–H and O–H groups in total. The Kier molecular flexibility index (Phi) is 8.94. The lowest BCUT2D eigenvalue weighted by atomic mass is 10.0. The van der Waals surface area contributed by atoms with E-state index in [4.69, 9.17) is 0 Å². The van der Waals surface area contributed by atoms with Gasteiger partial charge in [0.1, 0.15) is 5.00 Å². The highest BCUT2D eigenvalue weighted by atomic mass is 32.2. The van der Waals surface area contributed by atoms with E-state index in [1.165, 1.54) is 33.3 Å². The molecule has 218 valence electrons. The van der Waals surface area contributed by atoms with Crippen LogP contribution in [0.15, 0.2) is 53.4 Å². The lowest BCUT2D eigenvalue weighted by Crippen LogP contribution is -2.35. The smallest absolute Gasteiger partial charge is 0.257 e. The average Bonchev–Trinajstić information content (AvgIpc) is 3.34. The van der Waals surface area contributed by atoms with E-state index in [-0.39, 0.29) is 16.7 Å². The molecule has 0 radical (unpaired) electrons. The Morgan fingerprint density at radius 3 is 2.32 bits per heavy atom. The molecular weight excluding hydrogens is 556 g/mol. The van der Waals surface area contributed by atoms with Gasteiger partial charge >= 0.3 is 0 Å². The van der Waals surface area contributed by atoms with E-state index in [2.05, 4.69) is 17.1 Å². The second-order valence-electron chi connectivity index (χ2n) is 10.5. The van der Waals surface area contributed by atoms with E-state index < -0.39 is 10.0 Å². The number of thiophene rings is 1. The number of nitrogens with zero attached hydrogens (tertiary/aromatic N) is 3. The number of carbonyl (C=O) groups is 2. The molecule has 2 aliphatic heterocycles. The Morgan fingerprint density at radius 1 is 0.927 bits per heavy atom. The zero-order valence-corrected chi connectivity index (χ0v) is 25.6. The molecule has 0 fully saturated rings. The van der Waals surface area contributed by atoms with Gasteiger partial charge in [0.05, 0.1) is 10.5 Å². The quantitative estimate of drug-likeness (QED) is 0.377. The van der Waals surface area contributed by atoms with Gasteiger partial charge < -0.3 is 10.2 Å². The Hall–Kier alpha value is -3.05. The van der Waals surface area contributed by atoms with Crippen LogP contribution in [-0.4, -0.2) is 67.1 Å². The largest absolute Gasteiger partial charge is 0.339 e. The van der Waals surface area contributed by atoms with Crippen LogP contribution in [0.25, 0.3) is 0 Å². The second kappa shape index (κ2) is 12.4. The third-order valence-corrected chi connectivity index (χ3v) is 11.0. The number of anilines is 1. The average molecular weight is 595 g/mol. The highest BCUT2D eigenvalue weighted by Gasteiger charge is 2.31. The first kappa shape index (κ1) is 29.4. The predicted octanol–water partition coefficient (Wildman–Crippen LogP) is 5.00. The molecule has 0 saturated carbocycles. The van der Waals surface area contributed by atoms with Crippen LogP contribution in [0.1, 0.15) is 69.5 Å². The highest BCUT2D eigenvalue weighted by Crippen LogP contribution is 2.38. The number of amides is 2. The zero-order valence-electron chi connectivity index (χ0n) is 24.0. The fourth-order valence-corrected chi connectivity index (χ4v) is 8.42. The van der Waals surface area contributed by atoms with Gasteiger partial charge in [-0.3, -0.25) is 14.5 Å². The van der Waals surface area contributed by atoms with Crippen molar-refractivity contribution in [1.29, 1.82) is 0 Å². The van der Waals surface area contributed by atoms with E-state index in [0.29, 0.717) is 48.7 Å². The lowest BCUT2D eigenvalue weighted by Gasteiger charge is -2.28. The summed E-state index contributed by atoms with van der Waals surface area (Å²) in [5, 5.41) is 3.57. The molecule has 1 aromatic heterocycles. The van der Waals surface area contributed by atoms with Gasteiger partial charge in [-0.15, -0.1) is 11.3 Å². The Labute approximate surface area is 247 Å². The Bertz CT molecular complexity index is 1530. The molecule has 2 aromatic carbocycles. The summed E-state index contributed by atoms with van der Waals surface area (Å²) in [5.74, 6) is -0.422. The number of rotatable bonds is 9. The fourth-order valence-electron chi connectivity index (χ4n) is 5.72. The minimum atomic E-state index is -3.70. The molecule has 3 aromatic rings. The van der Waals surface area contributed by atoms with Gasteiger partial charge in [0.25, 0.3) is 11.8 Å². The maximum Gasteiger partial charge on any atom is 0.257 e.